The van der Waals surface area contributed by atoms with Gasteiger partial charge in [0, 0.05) is 17.4 Å². The number of nitriles is 1. The van der Waals surface area contributed by atoms with Gasteiger partial charge in [-0.3, -0.25) is 4.79 Å². The van der Waals surface area contributed by atoms with Crippen molar-refractivity contribution in [3.05, 3.63) is 64.0 Å². The molecule has 4 rings (SSSR count). The second kappa shape index (κ2) is 7.35. The Morgan fingerprint density at radius 2 is 2.19 bits per heavy atom. The van der Waals surface area contributed by atoms with E-state index in [1.54, 1.807) is 52.5 Å². The predicted molar refractivity (Wildman–Crippen MR) is 103 cm³/mol. The Balaban J connectivity index is 1.53. The molecule has 0 aliphatic carbocycles. The number of ether oxygens (including phenoxy) is 1. The molecule has 0 saturated heterocycles. The molecule has 136 valence electrons. The molecule has 2 unspecified atom stereocenters. The number of nitrogens with zero attached hydrogens (tertiary/aromatic N) is 3. The molecule has 1 N–H and O–H groups in total. The van der Waals surface area contributed by atoms with E-state index in [0.29, 0.717) is 18.0 Å². The molecule has 6 nitrogen and oxygen atoms in total. The molecule has 7 heteroatoms. The summed E-state index contributed by atoms with van der Waals surface area (Å²) in [7, 11) is 0. The van der Waals surface area contributed by atoms with E-state index in [0.717, 1.165) is 17.7 Å². The normalized spacial score (nSPS) is 17.0. The topological polar surface area (TPSA) is 79.9 Å². The minimum Gasteiger partial charge on any atom is -0.372 e. The Kier molecular flexibility index (Phi) is 4.75. The molecule has 0 spiro atoms. The maximum atomic E-state index is 12.9. The summed E-state index contributed by atoms with van der Waals surface area (Å²) in [5, 5.41) is 18.2. The fourth-order valence-electron chi connectivity index (χ4n) is 3.25. The zero-order valence-electron chi connectivity index (χ0n) is 14.8. The number of carbonyl (C=O) groups excluding carboxylic acids is 1. The first-order valence-electron chi connectivity index (χ1n) is 8.70. The Morgan fingerprint density at radius 1 is 1.37 bits per heavy atom. The fraction of sp³-hybridized carbons (Fsp3) is 0.250. The zero-order valence-corrected chi connectivity index (χ0v) is 15.6. The number of hydrogen-bond donors (Lipinski definition) is 1. The largest absolute Gasteiger partial charge is 0.372 e. The number of carbonyl (C=O) groups is 1. The van der Waals surface area contributed by atoms with Gasteiger partial charge in [0.25, 0.3) is 0 Å². The van der Waals surface area contributed by atoms with E-state index in [1.165, 1.54) is 4.88 Å². The van der Waals surface area contributed by atoms with E-state index in [-0.39, 0.29) is 17.9 Å². The minimum absolute atomic E-state index is 0.116. The maximum Gasteiger partial charge on any atom is 0.231 e. The molecule has 3 heterocycles. The summed E-state index contributed by atoms with van der Waals surface area (Å²) in [6.07, 6.45) is 2.31. The number of benzene rings is 1. The molecule has 0 fully saturated rings. The van der Waals surface area contributed by atoms with Gasteiger partial charge in [0.15, 0.2) is 0 Å². The number of hydrogen-bond acceptors (Lipinski definition) is 5. The van der Waals surface area contributed by atoms with Crippen LogP contribution in [0, 0.1) is 17.2 Å². The van der Waals surface area contributed by atoms with Crippen molar-refractivity contribution >= 4 is 23.1 Å². The quantitative estimate of drug-likeness (QED) is 0.751. The van der Waals surface area contributed by atoms with E-state index >= 15 is 0 Å². The number of rotatable bonds is 4. The lowest BCUT2D eigenvalue weighted by molar-refractivity contribution is -0.125. The van der Waals surface area contributed by atoms with Crippen molar-refractivity contribution in [3.63, 3.8) is 0 Å². The zero-order chi connectivity index (χ0) is 18.8. The van der Waals surface area contributed by atoms with Gasteiger partial charge in [-0.1, -0.05) is 6.92 Å². The van der Waals surface area contributed by atoms with E-state index in [2.05, 4.69) is 27.9 Å². The van der Waals surface area contributed by atoms with Gasteiger partial charge in [-0.25, -0.2) is 4.68 Å². The number of aromatic nitrogens is 2. The predicted octanol–water partition coefficient (Wildman–Crippen LogP) is 3.69. The SMILES string of the molecule is CC(C(=O)Nc1ccnn1-c1ccc(C#N)cc1)C1OCCc2sccc21. The molecular weight excluding hydrogens is 360 g/mol. The van der Waals surface area contributed by atoms with Crippen LogP contribution in [-0.2, 0) is 16.0 Å². The highest BCUT2D eigenvalue weighted by Crippen LogP contribution is 2.36. The minimum atomic E-state index is -0.331. The van der Waals surface area contributed by atoms with Gasteiger partial charge < -0.3 is 10.1 Å². The Morgan fingerprint density at radius 3 is 2.96 bits per heavy atom. The number of nitrogens with one attached hydrogen (secondary N) is 1. The lowest BCUT2D eigenvalue weighted by Gasteiger charge is -2.28. The first-order valence-corrected chi connectivity index (χ1v) is 9.58. The van der Waals surface area contributed by atoms with Crippen LogP contribution in [0.5, 0.6) is 0 Å². The van der Waals surface area contributed by atoms with Crippen LogP contribution < -0.4 is 5.32 Å². The van der Waals surface area contributed by atoms with Crippen LogP contribution in [-0.4, -0.2) is 22.3 Å². The Labute approximate surface area is 161 Å². The van der Waals surface area contributed by atoms with Gasteiger partial charge in [-0.15, -0.1) is 11.3 Å². The third-order valence-corrected chi connectivity index (χ3v) is 5.71. The van der Waals surface area contributed by atoms with Crippen LogP contribution in [0.25, 0.3) is 5.69 Å². The summed E-state index contributed by atoms with van der Waals surface area (Å²) in [4.78, 5) is 14.2. The molecule has 0 bridgehead atoms. The van der Waals surface area contributed by atoms with Gasteiger partial charge >= 0.3 is 0 Å². The maximum absolute atomic E-state index is 12.9. The van der Waals surface area contributed by atoms with Crippen LogP contribution in [0.3, 0.4) is 0 Å². The van der Waals surface area contributed by atoms with Crippen molar-refractivity contribution in [3.8, 4) is 11.8 Å². The molecule has 1 aliphatic heterocycles. The van der Waals surface area contributed by atoms with Gasteiger partial charge in [0.05, 0.1) is 42.1 Å². The third-order valence-electron chi connectivity index (χ3n) is 4.72. The van der Waals surface area contributed by atoms with E-state index in [4.69, 9.17) is 10.00 Å². The molecule has 27 heavy (non-hydrogen) atoms. The van der Waals surface area contributed by atoms with Crippen molar-refractivity contribution in [2.24, 2.45) is 5.92 Å². The van der Waals surface area contributed by atoms with E-state index < -0.39 is 0 Å². The van der Waals surface area contributed by atoms with Crippen molar-refractivity contribution in [1.29, 1.82) is 5.26 Å². The summed E-state index contributed by atoms with van der Waals surface area (Å²) in [5.74, 6) is 0.135. The van der Waals surface area contributed by atoms with Crippen molar-refractivity contribution in [2.45, 2.75) is 19.4 Å². The molecule has 1 aromatic carbocycles. The van der Waals surface area contributed by atoms with Gasteiger partial charge in [0.2, 0.25) is 5.91 Å². The van der Waals surface area contributed by atoms with Crippen LogP contribution in [0.1, 0.15) is 29.0 Å². The summed E-state index contributed by atoms with van der Waals surface area (Å²) in [6, 6.07) is 12.9. The summed E-state index contributed by atoms with van der Waals surface area (Å²) < 4.78 is 7.54. The molecule has 1 amide bonds. The first-order chi connectivity index (χ1) is 13.2. The van der Waals surface area contributed by atoms with Crippen molar-refractivity contribution < 1.29 is 9.53 Å². The fourth-order valence-corrected chi connectivity index (χ4v) is 4.15. The summed E-state index contributed by atoms with van der Waals surface area (Å²) >= 11 is 1.72. The highest BCUT2D eigenvalue weighted by atomic mass is 32.1. The second-order valence-corrected chi connectivity index (χ2v) is 7.41. The van der Waals surface area contributed by atoms with E-state index in [9.17, 15) is 4.79 Å². The molecule has 1 aliphatic rings. The lowest BCUT2D eigenvalue weighted by atomic mass is 9.94. The number of fused-ring (bicyclic) bond motifs is 1. The smallest absolute Gasteiger partial charge is 0.231 e. The standard InChI is InChI=1S/C20H18N4O2S/c1-13(19-16-8-11-27-17(16)7-10-26-19)20(25)23-18-6-9-22-24(18)15-4-2-14(12-21)3-5-15/h2-6,8-9,11,13,19H,7,10H2,1H3,(H,23,25). The molecule has 0 saturated carbocycles. The monoisotopic (exact) mass is 378 g/mol. The summed E-state index contributed by atoms with van der Waals surface area (Å²) in [5.41, 5.74) is 2.47. The molecule has 2 aromatic heterocycles. The van der Waals surface area contributed by atoms with Crippen molar-refractivity contribution in [1.82, 2.24) is 9.78 Å². The van der Waals surface area contributed by atoms with Crippen LogP contribution in [0.4, 0.5) is 5.82 Å². The lowest BCUT2D eigenvalue weighted by Crippen LogP contribution is -2.30. The number of anilines is 1. The van der Waals surface area contributed by atoms with Crippen LogP contribution in [0.15, 0.2) is 48.0 Å². The Bertz CT molecular complexity index is 1000. The van der Waals surface area contributed by atoms with Crippen LogP contribution in [0.2, 0.25) is 0 Å². The number of amides is 1. The van der Waals surface area contributed by atoms with Gasteiger partial charge in [0.1, 0.15) is 5.82 Å². The van der Waals surface area contributed by atoms with E-state index in [1.807, 2.05) is 6.92 Å². The van der Waals surface area contributed by atoms with Gasteiger partial charge in [-0.2, -0.15) is 10.4 Å². The molecular formula is C20H18N4O2S. The van der Waals surface area contributed by atoms with Crippen molar-refractivity contribution in [2.75, 3.05) is 11.9 Å². The highest BCUT2D eigenvalue weighted by molar-refractivity contribution is 7.10. The molecule has 3 aromatic rings. The summed E-state index contributed by atoms with van der Waals surface area (Å²) in [6.45, 7) is 2.52. The van der Waals surface area contributed by atoms with Crippen LogP contribution >= 0.6 is 11.3 Å². The first kappa shape index (κ1) is 17.5. The number of thiophene rings is 1. The molecule has 0 radical (unpaired) electrons. The second-order valence-electron chi connectivity index (χ2n) is 6.41. The average Bonchev–Trinajstić information content (AvgIpc) is 3.36. The van der Waals surface area contributed by atoms with Gasteiger partial charge in [-0.05, 0) is 41.3 Å². The average molecular weight is 378 g/mol. The molecule has 2 atom stereocenters. The Hall–Kier alpha value is -2.95. The highest BCUT2D eigenvalue weighted by Gasteiger charge is 2.31. The third kappa shape index (κ3) is 3.37.